The largest absolute Gasteiger partial charge is 0.310 e. The van der Waals surface area contributed by atoms with E-state index in [1.54, 1.807) is 0 Å². The van der Waals surface area contributed by atoms with E-state index in [0.29, 0.717) is 0 Å². The van der Waals surface area contributed by atoms with Crippen LogP contribution in [-0.4, -0.2) is 0 Å². The van der Waals surface area contributed by atoms with Gasteiger partial charge in [0.05, 0.1) is 5.41 Å². The minimum Gasteiger partial charge on any atom is -0.310 e. The number of nitrogens with zero attached hydrogens (tertiary/aromatic N) is 1. The summed E-state index contributed by atoms with van der Waals surface area (Å²) < 4.78 is 0. The van der Waals surface area contributed by atoms with Gasteiger partial charge in [-0.25, -0.2) is 0 Å². The molecular formula is C69H47N. The van der Waals surface area contributed by atoms with Gasteiger partial charge in [0.2, 0.25) is 0 Å². The van der Waals surface area contributed by atoms with Gasteiger partial charge in [0.1, 0.15) is 0 Å². The summed E-state index contributed by atoms with van der Waals surface area (Å²) in [6, 6.07) is 102. The summed E-state index contributed by atoms with van der Waals surface area (Å²) in [6.07, 6.45) is 2.30. The Hall–Kier alpha value is -9.04. The predicted octanol–water partition coefficient (Wildman–Crippen LogP) is 18.1. The fraction of sp³-hybridized carbons (Fsp3) is 0.0145. The highest BCUT2D eigenvalue weighted by atomic mass is 15.1. The molecule has 328 valence electrons. The summed E-state index contributed by atoms with van der Waals surface area (Å²) in [5, 5.41) is 0. The number of para-hydroxylation sites is 1. The third-order valence-corrected chi connectivity index (χ3v) is 14.5. The molecular weight excluding hydrogens is 843 g/mol. The predicted molar refractivity (Wildman–Crippen MR) is 294 cm³/mol. The van der Waals surface area contributed by atoms with Gasteiger partial charge in [-0.2, -0.15) is 0 Å². The van der Waals surface area contributed by atoms with E-state index in [9.17, 15) is 0 Å². The molecule has 0 radical (unpaired) electrons. The Kier molecular flexibility index (Phi) is 10.1. The number of anilines is 3. The van der Waals surface area contributed by atoms with Gasteiger partial charge in [-0.15, -0.1) is 0 Å². The highest BCUT2D eigenvalue weighted by molar-refractivity contribution is 5.97. The van der Waals surface area contributed by atoms with Gasteiger partial charge in [-0.3, -0.25) is 0 Å². The van der Waals surface area contributed by atoms with Crippen molar-refractivity contribution in [3.63, 3.8) is 0 Å². The molecule has 1 spiro atoms. The van der Waals surface area contributed by atoms with Crippen LogP contribution >= 0.6 is 0 Å². The maximum atomic E-state index is 2.46. The van der Waals surface area contributed by atoms with Crippen LogP contribution in [0.25, 0.3) is 67.3 Å². The van der Waals surface area contributed by atoms with E-state index in [0.717, 1.165) is 17.1 Å². The summed E-state index contributed by atoms with van der Waals surface area (Å²) in [5.74, 6) is 0. The molecule has 0 unspecified atom stereocenters. The van der Waals surface area contributed by atoms with Crippen molar-refractivity contribution in [1.29, 1.82) is 0 Å². The van der Waals surface area contributed by atoms with Crippen LogP contribution in [0.3, 0.4) is 0 Å². The molecule has 1 heteroatoms. The normalized spacial score (nSPS) is 12.8. The summed E-state index contributed by atoms with van der Waals surface area (Å²) in [5.41, 5.74) is 25.4. The zero-order chi connectivity index (χ0) is 46.4. The zero-order valence-electron chi connectivity index (χ0n) is 38.6. The van der Waals surface area contributed by atoms with Crippen LogP contribution in [0.4, 0.5) is 17.1 Å². The summed E-state index contributed by atoms with van der Waals surface area (Å²) in [4.78, 5) is 2.41. The van der Waals surface area contributed by atoms with Gasteiger partial charge in [0.15, 0.2) is 0 Å². The molecule has 0 fully saturated rings. The molecule has 0 aromatic heterocycles. The highest BCUT2D eigenvalue weighted by Gasteiger charge is 2.51. The first kappa shape index (κ1) is 41.2. The van der Waals surface area contributed by atoms with Crippen LogP contribution in [0.2, 0.25) is 0 Å². The zero-order valence-corrected chi connectivity index (χ0v) is 38.6. The number of fused-ring (bicyclic) bond motifs is 10. The third kappa shape index (κ3) is 6.94. The molecule has 0 amide bonds. The molecule has 0 heterocycles. The standard InChI is InChI=1S/C69H47N/c1-4-17-49(18-5-1)50-33-31-48(32-34-50)45-64(53-19-6-2-7-20-53)54-37-35-51(36-38-54)55-21-16-22-56(46-55)52-39-41-58(42-40-52)70(57-23-8-3-9-24-57)59-43-44-63-62-27-12-15-30-67(62)69(68(63)47-59)65-28-13-10-25-60(65)61-26-11-14-29-66(61)69/h1-47H. The van der Waals surface area contributed by atoms with Crippen LogP contribution in [0.15, 0.2) is 279 Å². The lowest BCUT2D eigenvalue weighted by atomic mass is 9.70. The molecule has 0 saturated heterocycles. The van der Waals surface area contributed by atoms with Crippen molar-refractivity contribution in [2.75, 3.05) is 4.90 Å². The first-order chi connectivity index (χ1) is 34.7. The second kappa shape index (κ2) is 17.2. The Bertz CT molecular complexity index is 3660. The SMILES string of the molecule is C(=C(c1ccccc1)c1ccc(-c2cccc(-c3ccc(N(c4ccccc4)c4ccc5c(c4)C4(c6ccccc6-c6ccccc64)c4ccccc4-5)cc3)c2)cc1)c1ccc(-c2ccccc2)cc1. The number of hydrogen-bond donors (Lipinski definition) is 0. The maximum absolute atomic E-state index is 2.46. The molecule has 2 aliphatic carbocycles. The van der Waals surface area contributed by atoms with Crippen molar-refractivity contribution in [3.05, 3.63) is 318 Å². The van der Waals surface area contributed by atoms with E-state index >= 15 is 0 Å². The monoisotopic (exact) mass is 889 g/mol. The molecule has 11 aromatic rings. The lowest BCUT2D eigenvalue weighted by Gasteiger charge is -2.32. The molecule has 1 nitrogen and oxygen atoms in total. The van der Waals surface area contributed by atoms with Crippen molar-refractivity contribution >= 4 is 28.7 Å². The molecule has 0 aliphatic heterocycles. The highest BCUT2D eigenvalue weighted by Crippen LogP contribution is 2.63. The van der Waals surface area contributed by atoms with Crippen molar-refractivity contribution < 1.29 is 0 Å². The Labute approximate surface area is 410 Å². The van der Waals surface area contributed by atoms with Gasteiger partial charge in [-0.05, 0) is 149 Å². The van der Waals surface area contributed by atoms with Crippen molar-refractivity contribution in [2.24, 2.45) is 0 Å². The lowest BCUT2D eigenvalue weighted by Crippen LogP contribution is -2.26. The lowest BCUT2D eigenvalue weighted by molar-refractivity contribution is 0.793. The van der Waals surface area contributed by atoms with Gasteiger partial charge >= 0.3 is 0 Å². The van der Waals surface area contributed by atoms with Crippen molar-refractivity contribution in [1.82, 2.24) is 0 Å². The van der Waals surface area contributed by atoms with Gasteiger partial charge in [0, 0.05) is 17.1 Å². The van der Waals surface area contributed by atoms with Gasteiger partial charge < -0.3 is 4.90 Å². The smallest absolute Gasteiger partial charge is 0.0726 e. The Morgan fingerprint density at radius 1 is 0.271 bits per heavy atom. The van der Waals surface area contributed by atoms with Crippen LogP contribution in [0, 0.1) is 0 Å². The maximum Gasteiger partial charge on any atom is 0.0726 e. The van der Waals surface area contributed by atoms with E-state index in [-0.39, 0.29) is 0 Å². The second-order valence-electron chi connectivity index (χ2n) is 18.4. The van der Waals surface area contributed by atoms with Crippen LogP contribution < -0.4 is 4.90 Å². The molecule has 2 aliphatic rings. The second-order valence-corrected chi connectivity index (χ2v) is 18.4. The number of benzene rings is 11. The fourth-order valence-corrected chi connectivity index (χ4v) is 11.3. The van der Waals surface area contributed by atoms with E-state index in [2.05, 4.69) is 290 Å². The molecule has 0 bridgehead atoms. The van der Waals surface area contributed by atoms with E-state index in [1.807, 2.05) is 0 Å². The van der Waals surface area contributed by atoms with E-state index in [1.165, 1.54) is 100 Å². The van der Waals surface area contributed by atoms with E-state index < -0.39 is 5.41 Å². The summed E-state index contributed by atoms with van der Waals surface area (Å²) in [6.45, 7) is 0. The van der Waals surface area contributed by atoms with E-state index in [4.69, 9.17) is 0 Å². The van der Waals surface area contributed by atoms with Crippen molar-refractivity contribution in [2.45, 2.75) is 5.41 Å². The third-order valence-electron chi connectivity index (χ3n) is 14.5. The quantitative estimate of drug-likeness (QED) is 0.131. The minimum absolute atomic E-state index is 0.413. The molecule has 0 saturated carbocycles. The van der Waals surface area contributed by atoms with Crippen molar-refractivity contribution in [3.8, 4) is 55.6 Å². The number of rotatable bonds is 9. The molecule has 0 N–H and O–H groups in total. The molecule has 13 rings (SSSR count). The van der Waals surface area contributed by atoms with Crippen LogP contribution in [0.5, 0.6) is 0 Å². The average Bonchev–Trinajstić information content (AvgIpc) is 3.91. The van der Waals surface area contributed by atoms with Gasteiger partial charge in [0.25, 0.3) is 0 Å². The Morgan fingerprint density at radius 3 is 1.26 bits per heavy atom. The molecule has 11 aromatic carbocycles. The fourth-order valence-electron chi connectivity index (χ4n) is 11.3. The topological polar surface area (TPSA) is 3.24 Å². The summed E-state index contributed by atoms with van der Waals surface area (Å²) >= 11 is 0. The molecule has 70 heavy (non-hydrogen) atoms. The number of hydrogen-bond acceptors (Lipinski definition) is 1. The first-order valence-corrected chi connectivity index (χ1v) is 24.2. The summed E-state index contributed by atoms with van der Waals surface area (Å²) in [7, 11) is 0. The molecule has 0 atom stereocenters. The van der Waals surface area contributed by atoms with Crippen LogP contribution in [-0.2, 0) is 5.41 Å². The Morgan fingerprint density at radius 2 is 0.671 bits per heavy atom. The van der Waals surface area contributed by atoms with Crippen LogP contribution in [0.1, 0.15) is 38.9 Å². The average molecular weight is 890 g/mol. The van der Waals surface area contributed by atoms with Gasteiger partial charge in [-0.1, -0.05) is 237 Å². The Balaban J connectivity index is 0.829. The minimum atomic E-state index is -0.413. The first-order valence-electron chi connectivity index (χ1n) is 24.2.